The van der Waals surface area contributed by atoms with Crippen LogP contribution < -0.4 is 11.3 Å². The highest BCUT2D eigenvalue weighted by atomic mass is 32.2. The van der Waals surface area contributed by atoms with Crippen molar-refractivity contribution in [3.63, 3.8) is 0 Å². The summed E-state index contributed by atoms with van der Waals surface area (Å²) >= 11 is 2.06. The molecule has 2 atom stereocenters. The van der Waals surface area contributed by atoms with Crippen molar-refractivity contribution in [3.05, 3.63) is 0 Å². The number of nitrogens with one attached hydrogen (secondary N) is 1. The minimum Gasteiger partial charge on any atom is -0.271 e. The molecule has 0 radical (unpaired) electrons. The molecule has 2 unspecified atom stereocenters. The summed E-state index contributed by atoms with van der Waals surface area (Å²) in [5, 5.41) is 0. The van der Waals surface area contributed by atoms with Crippen molar-refractivity contribution in [1.82, 2.24) is 5.43 Å². The van der Waals surface area contributed by atoms with Crippen LogP contribution in [-0.2, 0) is 0 Å². The van der Waals surface area contributed by atoms with E-state index >= 15 is 0 Å². The molecule has 3 heteroatoms. The number of hydrogen-bond donors (Lipinski definition) is 2. The molecular formula is C8H18N2S. The molecule has 0 amide bonds. The van der Waals surface area contributed by atoms with Crippen molar-refractivity contribution in [2.45, 2.75) is 43.9 Å². The molecule has 0 aromatic rings. The summed E-state index contributed by atoms with van der Waals surface area (Å²) in [6, 6.07) is 0.481. The molecule has 0 aliphatic carbocycles. The largest absolute Gasteiger partial charge is 0.271 e. The fraction of sp³-hybridized carbons (Fsp3) is 1.00. The normalized spacial score (nSPS) is 34.1. The molecule has 1 fully saturated rings. The third kappa shape index (κ3) is 1.89. The summed E-state index contributed by atoms with van der Waals surface area (Å²) < 4.78 is 0.392. The fourth-order valence-electron chi connectivity index (χ4n) is 1.80. The van der Waals surface area contributed by atoms with E-state index in [-0.39, 0.29) is 0 Å². The second kappa shape index (κ2) is 3.78. The van der Waals surface area contributed by atoms with Gasteiger partial charge in [-0.3, -0.25) is 11.3 Å². The SMILES string of the molecule is CCC(NN)C1(C)CCCS1. The molecule has 1 aliphatic heterocycles. The van der Waals surface area contributed by atoms with E-state index in [4.69, 9.17) is 5.84 Å². The zero-order valence-electron chi connectivity index (χ0n) is 7.39. The topological polar surface area (TPSA) is 38.0 Å². The van der Waals surface area contributed by atoms with Crippen LogP contribution in [0.15, 0.2) is 0 Å². The first-order valence-electron chi connectivity index (χ1n) is 4.33. The monoisotopic (exact) mass is 174 g/mol. The van der Waals surface area contributed by atoms with Crippen LogP contribution in [0, 0.1) is 0 Å². The van der Waals surface area contributed by atoms with E-state index in [0.29, 0.717) is 10.8 Å². The third-order valence-electron chi connectivity index (χ3n) is 2.60. The van der Waals surface area contributed by atoms with Gasteiger partial charge in [0.05, 0.1) is 0 Å². The average molecular weight is 174 g/mol. The summed E-state index contributed by atoms with van der Waals surface area (Å²) in [5.41, 5.74) is 2.91. The number of hydrazine groups is 1. The van der Waals surface area contributed by atoms with Crippen LogP contribution in [0.3, 0.4) is 0 Å². The lowest BCUT2D eigenvalue weighted by Gasteiger charge is -2.31. The molecule has 1 saturated heterocycles. The van der Waals surface area contributed by atoms with E-state index in [9.17, 15) is 0 Å². The Morgan fingerprint density at radius 3 is 2.82 bits per heavy atom. The molecule has 1 aliphatic rings. The maximum Gasteiger partial charge on any atom is 0.0352 e. The lowest BCUT2D eigenvalue weighted by atomic mass is 9.95. The van der Waals surface area contributed by atoms with Gasteiger partial charge in [-0.2, -0.15) is 11.8 Å². The highest BCUT2D eigenvalue weighted by Crippen LogP contribution is 2.40. The Bertz CT molecular complexity index is 117. The Labute approximate surface area is 73.3 Å². The summed E-state index contributed by atoms with van der Waals surface area (Å²) in [5.74, 6) is 6.79. The van der Waals surface area contributed by atoms with Crippen LogP contribution in [0.2, 0.25) is 0 Å². The van der Waals surface area contributed by atoms with Gasteiger partial charge in [0.1, 0.15) is 0 Å². The van der Waals surface area contributed by atoms with Crippen LogP contribution in [0.1, 0.15) is 33.1 Å². The fourth-order valence-corrected chi connectivity index (χ4v) is 3.28. The van der Waals surface area contributed by atoms with Crippen LogP contribution in [0.4, 0.5) is 0 Å². The Balaban J connectivity index is 2.53. The van der Waals surface area contributed by atoms with Crippen molar-refractivity contribution >= 4 is 11.8 Å². The first kappa shape index (κ1) is 9.36. The Hall–Kier alpha value is 0.270. The van der Waals surface area contributed by atoms with Gasteiger partial charge in [0.25, 0.3) is 0 Å². The maximum absolute atomic E-state index is 5.48. The molecule has 0 spiro atoms. The quantitative estimate of drug-likeness (QED) is 0.503. The lowest BCUT2D eigenvalue weighted by molar-refractivity contribution is 0.398. The molecule has 66 valence electrons. The molecule has 0 aromatic heterocycles. The lowest BCUT2D eigenvalue weighted by Crippen LogP contribution is -2.48. The summed E-state index contributed by atoms with van der Waals surface area (Å²) in [6.07, 6.45) is 3.78. The first-order valence-corrected chi connectivity index (χ1v) is 5.31. The van der Waals surface area contributed by atoms with Gasteiger partial charge in [-0.25, -0.2) is 0 Å². The van der Waals surface area contributed by atoms with Gasteiger partial charge < -0.3 is 0 Å². The molecule has 1 heterocycles. The maximum atomic E-state index is 5.48. The molecular weight excluding hydrogens is 156 g/mol. The van der Waals surface area contributed by atoms with Crippen LogP contribution >= 0.6 is 11.8 Å². The van der Waals surface area contributed by atoms with Gasteiger partial charge >= 0.3 is 0 Å². The summed E-state index contributed by atoms with van der Waals surface area (Å²) in [7, 11) is 0. The minimum atomic E-state index is 0.392. The third-order valence-corrected chi connectivity index (χ3v) is 4.24. The van der Waals surface area contributed by atoms with Gasteiger partial charge in [0.2, 0.25) is 0 Å². The number of thioether (sulfide) groups is 1. The molecule has 3 N–H and O–H groups in total. The van der Waals surface area contributed by atoms with E-state index < -0.39 is 0 Å². The average Bonchev–Trinajstić information content (AvgIpc) is 2.39. The molecule has 1 rings (SSSR count). The van der Waals surface area contributed by atoms with Gasteiger partial charge in [0.15, 0.2) is 0 Å². The van der Waals surface area contributed by atoms with Crippen molar-refractivity contribution in [3.8, 4) is 0 Å². The van der Waals surface area contributed by atoms with Crippen molar-refractivity contribution in [1.29, 1.82) is 0 Å². The Kier molecular flexibility index (Phi) is 3.22. The number of nitrogens with two attached hydrogens (primary N) is 1. The standard InChI is InChI=1S/C8H18N2S/c1-3-7(10-9)8(2)5-4-6-11-8/h7,10H,3-6,9H2,1-2H3. The summed E-state index contributed by atoms with van der Waals surface area (Å²) in [6.45, 7) is 4.51. The number of rotatable bonds is 3. The Morgan fingerprint density at radius 1 is 1.73 bits per heavy atom. The van der Waals surface area contributed by atoms with Crippen LogP contribution in [-0.4, -0.2) is 16.5 Å². The van der Waals surface area contributed by atoms with Crippen molar-refractivity contribution in [2.75, 3.05) is 5.75 Å². The van der Waals surface area contributed by atoms with E-state index in [1.807, 2.05) is 0 Å². The van der Waals surface area contributed by atoms with Gasteiger partial charge in [-0.05, 0) is 31.9 Å². The number of hydrogen-bond acceptors (Lipinski definition) is 3. The van der Waals surface area contributed by atoms with E-state index in [2.05, 4.69) is 31.0 Å². The predicted molar refractivity (Wildman–Crippen MR) is 51.5 cm³/mol. The Morgan fingerprint density at radius 2 is 2.45 bits per heavy atom. The first-order chi connectivity index (χ1) is 5.23. The highest BCUT2D eigenvalue weighted by Gasteiger charge is 2.35. The van der Waals surface area contributed by atoms with Gasteiger partial charge in [-0.1, -0.05) is 6.92 Å². The summed E-state index contributed by atoms with van der Waals surface area (Å²) in [4.78, 5) is 0. The zero-order valence-corrected chi connectivity index (χ0v) is 8.21. The van der Waals surface area contributed by atoms with Crippen LogP contribution in [0.5, 0.6) is 0 Å². The predicted octanol–water partition coefficient (Wildman–Crippen LogP) is 1.51. The van der Waals surface area contributed by atoms with E-state index in [1.54, 1.807) is 0 Å². The van der Waals surface area contributed by atoms with E-state index in [0.717, 1.165) is 6.42 Å². The highest BCUT2D eigenvalue weighted by molar-refractivity contribution is 8.00. The molecule has 0 aromatic carbocycles. The smallest absolute Gasteiger partial charge is 0.0352 e. The van der Waals surface area contributed by atoms with Gasteiger partial charge in [-0.15, -0.1) is 0 Å². The van der Waals surface area contributed by atoms with Gasteiger partial charge in [0, 0.05) is 10.8 Å². The second-order valence-corrected chi connectivity index (χ2v) is 5.02. The molecule has 11 heavy (non-hydrogen) atoms. The van der Waals surface area contributed by atoms with E-state index in [1.165, 1.54) is 18.6 Å². The zero-order chi connectivity index (χ0) is 8.32. The minimum absolute atomic E-state index is 0.392. The van der Waals surface area contributed by atoms with Crippen molar-refractivity contribution in [2.24, 2.45) is 5.84 Å². The molecule has 0 saturated carbocycles. The van der Waals surface area contributed by atoms with Crippen LogP contribution in [0.25, 0.3) is 0 Å². The second-order valence-electron chi connectivity index (χ2n) is 3.39. The molecule has 0 bridgehead atoms. The van der Waals surface area contributed by atoms with Crippen molar-refractivity contribution < 1.29 is 0 Å². The molecule has 2 nitrogen and oxygen atoms in total.